The van der Waals surface area contributed by atoms with Gasteiger partial charge in [0.15, 0.2) is 0 Å². The van der Waals surface area contributed by atoms with Crippen LogP contribution < -0.4 is 43.4 Å². The molecule has 0 aliphatic carbocycles. The summed E-state index contributed by atoms with van der Waals surface area (Å²) in [6.07, 6.45) is 0. The third-order valence-electron chi connectivity index (χ3n) is 3.57. The zero-order chi connectivity index (χ0) is 14.8. The van der Waals surface area contributed by atoms with E-state index in [-0.39, 0.29) is 0 Å². The fourth-order valence-electron chi connectivity index (χ4n) is 1.68. The Labute approximate surface area is 122 Å². The largest absolute Gasteiger partial charge is 0.256 e. The van der Waals surface area contributed by atoms with Crippen molar-refractivity contribution in [3.63, 3.8) is 0 Å². The first-order chi connectivity index (χ1) is 9.61. The molecule has 8 nitrogen and oxygen atoms in total. The summed E-state index contributed by atoms with van der Waals surface area (Å²) in [4.78, 5) is 0. The van der Waals surface area contributed by atoms with E-state index in [4.69, 9.17) is 0 Å². The van der Waals surface area contributed by atoms with Gasteiger partial charge < -0.3 is 0 Å². The molecular weight excluding hydrogens is 256 g/mol. The molecular formula is C12H32N8. The van der Waals surface area contributed by atoms with Crippen LogP contribution in [-0.4, -0.2) is 50.3 Å². The Morgan fingerprint density at radius 3 is 0.850 bits per heavy atom. The van der Waals surface area contributed by atoms with Crippen LogP contribution in [0.1, 0.15) is 27.7 Å². The van der Waals surface area contributed by atoms with Gasteiger partial charge in [-0.2, -0.15) is 0 Å². The standard InChI is InChI=1S/C12H32N8/c1-9-10(2)18-14-7-8-16-20-12(4)11(3)19-15-6-5-13-17-9/h9-20H,5-8H2,1-4H3. The number of nitrogens with one attached hydrogen (secondary N) is 8. The average Bonchev–Trinajstić information content (AvgIpc) is 2.44. The highest BCUT2D eigenvalue weighted by Gasteiger charge is 2.12. The minimum absolute atomic E-state index is 0.327. The molecule has 1 fully saturated rings. The lowest BCUT2D eigenvalue weighted by Crippen LogP contribution is -2.58. The quantitative estimate of drug-likeness (QED) is 0.258. The summed E-state index contributed by atoms with van der Waals surface area (Å²) in [7, 11) is 0. The third kappa shape index (κ3) is 7.46. The third-order valence-corrected chi connectivity index (χ3v) is 3.57. The Hall–Kier alpha value is -0.320. The number of hydrogen-bond donors (Lipinski definition) is 8. The van der Waals surface area contributed by atoms with Crippen LogP contribution in [0.15, 0.2) is 0 Å². The zero-order valence-electron chi connectivity index (χ0n) is 13.1. The molecule has 120 valence electrons. The van der Waals surface area contributed by atoms with Gasteiger partial charge in [-0.25, -0.2) is 0 Å². The molecule has 1 aliphatic heterocycles. The van der Waals surface area contributed by atoms with Crippen LogP contribution in [0.25, 0.3) is 0 Å². The minimum Gasteiger partial charge on any atom is -0.256 e. The van der Waals surface area contributed by atoms with E-state index in [1.54, 1.807) is 0 Å². The molecule has 20 heavy (non-hydrogen) atoms. The van der Waals surface area contributed by atoms with Gasteiger partial charge >= 0.3 is 0 Å². The van der Waals surface area contributed by atoms with Crippen LogP contribution >= 0.6 is 0 Å². The van der Waals surface area contributed by atoms with Gasteiger partial charge in [0, 0.05) is 50.3 Å². The molecule has 1 saturated heterocycles. The molecule has 8 N–H and O–H groups in total. The van der Waals surface area contributed by atoms with Gasteiger partial charge in [0.25, 0.3) is 0 Å². The molecule has 1 heterocycles. The zero-order valence-corrected chi connectivity index (χ0v) is 13.1. The predicted molar refractivity (Wildman–Crippen MR) is 82.4 cm³/mol. The molecule has 4 unspecified atom stereocenters. The Kier molecular flexibility index (Phi) is 9.23. The topological polar surface area (TPSA) is 96.2 Å². The lowest BCUT2D eigenvalue weighted by molar-refractivity contribution is 0.303. The molecule has 1 rings (SSSR count). The lowest BCUT2D eigenvalue weighted by atomic mass is 10.2. The summed E-state index contributed by atoms with van der Waals surface area (Å²) in [6, 6.07) is 1.31. The Morgan fingerprint density at radius 2 is 0.650 bits per heavy atom. The van der Waals surface area contributed by atoms with E-state index in [1.165, 1.54) is 0 Å². The highest BCUT2D eigenvalue weighted by atomic mass is 15.5. The van der Waals surface area contributed by atoms with Crippen molar-refractivity contribution in [3.05, 3.63) is 0 Å². The monoisotopic (exact) mass is 288 g/mol. The molecule has 1 aliphatic rings. The molecule has 0 aromatic heterocycles. The van der Waals surface area contributed by atoms with Crippen molar-refractivity contribution in [1.82, 2.24) is 43.4 Å². The van der Waals surface area contributed by atoms with Crippen LogP contribution in [0, 0.1) is 0 Å². The summed E-state index contributed by atoms with van der Waals surface area (Å²) >= 11 is 0. The van der Waals surface area contributed by atoms with Gasteiger partial charge in [-0.05, 0) is 27.7 Å². The van der Waals surface area contributed by atoms with Crippen molar-refractivity contribution in [2.24, 2.45) is 0 Å². The van der Waals surface area contributed by atoms with Gasteiger partial charge in [-0.15, -0.1) is 0 Å². The first kappa shape index (κ1) is 17.7. The van der Waals surface area contributed by atoms with Crippen molar-refractivity contribution >= 4 is 0 Å². The summed E-state index contributed by atoms with van der Waals surface area (Å²) in [6.45, 7) is 12.0. The van der Waals surface area contributed by atoms with Crippen LogP contribution in [0.3, 0.4) is 0 Å². The van der Waals surface area contributed by atoms with Crippen LogP contribution in [0.2, 0.25) is 0 Å². The minimum atomic E-state index is 0.327. The second-order valence-electron chi connectivity index (χ2n) is 5.44. The molecule has 0 spiro atoms. The van der Waals surface area contributed by atoms with Crippen LogP contribution in [0.5, 0.6) is 0 Å². The maximum Gasteiger partial charge on any atom is 0.0349 e. The van der Waals surface area contributed by atoms with Gasteiger partial charge in [-0.1, -0.05) is 0 Å². The number of hydrazine groups is 4. The SMILES string of the molecule is CC1NNCCNNC(C)C(C)NNCCNNC1C. The molecule has 0 saturated carbocycles. The second-order valence-corrected chi connectivity index (χ2v) is 5.44. The Balaban J connectivity index is 2.34. The van der Waals surface area contributed by atoms with E-state index in [0.717, 1.165) is 26.2 Å². The van der Waals surface area contributed by atoms with Crippen molar-refractivity contribution in [2.75, 3.05) is 26.2 Å². The number of hydrogen-bond acceptors (Lipinski definition) is 8. The van der Waals surface area contributed by atoms with Crippen LogP contribution in [0.4, 0.5) is 0 Å². The average molecular weight is 288 g/mol. The summed E-state index contributed by atoms with van der Waals surface area (Å²) in [5, 5.41) is 0. The van der Waals surface area contributed by atoms with Crippen molar-refractivity contribution < 1.29 is 0 Å². The van der Waals surface area contributed by atoms with Crippen molar-refractivity contribution in [1.29, 1.82) is 0 Å². The lowest BCUT2D eigenvalue weighted by Gasteiger charge is -2.26. The highest BCUT2D eigenvalue weighted by Crippen LogP contribution is 1.89. The highest BCUT2D eigenvalue weighted by molar-refractivity contribution is 4.73. The second kappa shape index (κ2) is 10.4. The van der Waals surface area contributed by atoms with Gasteiger partial charge in [0.1, 0.15) is 0 Å². The molecule has 0 amide bonds. The van der Waals surface area contributed by atoms with Gasteiger partial charge in [-0.3, -0.25) is 43.4 Å². The van der Waals surface area contributed by atoms with Crippen molar-refractivity contribution in [2.45, 2.75) is 51.9 Å². The maximum atomic E-state index is 3.29. The first-order valence-electron chi connectivity index (χ1n) is 7.54. The molecule has 0 bridgehead atoms. The van der Waals surface area contributed by atoms with Crippen LogP contribution in [-0.2, 0) is 0 Å². The summed E-state index contributed by atoms with van der Waals surface area (Å²) in [5.41, 5.74) is 26.0. The van der Waals surface area contributed by atoms with E-state index < -0.39 is 0 Å². The molecule has 4 atom stereocenters. The molecule has 8 heteroatoms. The fraction of sp³-hybridized carbons (Fsp3) is 1.00. The normalized spacial score (nSPS) is 36.6. The van der Waals surface area contributed by atoms with Gasteiger partial charge in [0.05, 0.1) is 0 Å². The summed E-state index contributed by atoms with van der Waals surface area (Å²) in [5.74, 6) is 0. The van der Waals surface area contributed by atoms with Gasteiger partial charge in [0.2, 0.25) is 0 Å². The molecule has 0 aromatic carbocycles. The van der Waals surface area contributed by atoms with E-state index in [9.17, 15) is 0 Å². The fourth-order valence-corrected chi connectivity index (χ4v) is 1.68. The van der Waals surface area contributed by atoms with Crippen molar-refractivity contribution in [3.8, 4) is 0 Å². The van der Waals surface area contributed by atoms with E-state index in [0.29, 0.717) is 24.2 Å². The van der Waals surface area contributed by atoms with E-state index >= 15 is 0 Å². The maximum absolute atomic E-state index is 3.29. The molecule has 0 radical (unpaired) electrons. The Bertz CT molecular complexity index is 191. The predicted octanol–water partition coefficient (Wildman–Crippen LogP) is -2.07. The van der Waals surface area contributed by atoms with E-state index in [2.05, 4.69) is 71.1 Å². The molecule has 0 aromatic rings. The first-order valence-corrected chi connectivity index (χ1v) is 7.54. The van der Waals surface area contributed by atoms with E-state index in [1.807, 2.05) is 0 Å². The summed E-state index contributed by atoms with van der Waals surface area (Å²) < 4.78 is 0. The Morgan fingerprint density at radius 1 is 0.450 bits per heavy atom. The number of rotatable bonds is 0. The smallest absolute Gasteiger partial charge is 0.0349 e.